The van der Waals surface area contributed by atoms with Gasteiger partial charge in [0.25, 0.3) is 6.26 Å². The Morgan fingerprint density at radius 1 is 1.11 bits per heavy atom. The average Bonchev–Trinajstić information content (AvgIpc) is 3.32. The topological polar surface area (TPSA) is 189 Å². The number of carbonyl (C=O) groups is 3. The summed E-state index contributed by atoms with van der Waals surface area (Å²) >= 11 is 0. The summed E-state index contributed by atoms with van der Waals surface area (Å²) in [6, 6.07) is 2.54. The summed E-state index contributed by atoms with van der Waals surface area (Å²) in [4.78, 5) is 40.8. The van der Waals surface area contributed by atoms with E-state index in [-0.39, 0.29) is 38.1 Å². The first-order chi connectivity index (χ1) is 18.1. The van der Waals surface area contributed by atoms with E-state index >= 15 is 0 Å². The van der Waals surface area contributed by atoms with Gasteiger partial charge in [-0.3, -0.25) is 19.7 Å². The second-order valence-electron chi connectivity index (χ2n) is 8.45. The Morgan fingerprint density at radius 2 is 1.79 bits per heavy atom. The molecular weight excluding hydrogens is 500 g/mol. The van der Waals surface area contributed by atoms with Crippen molar-refractivity contribution in [2.45, 2.75) is 77.9 Å². The van der Waals surface area contributed by atoms with Crippen molar-refractivity contribution in [2.24, 2.45) is 0 Å². The summed E-state index contributed by atoms with van der Waals surface area (Å²) in [6.45, 7) is 7.88. The molecule has 0 aliphatic rings. The zero-order valence-corrected chi connectivity index (χ0v) is 22.1. The highest BCUT2D eigenvalue weighted by molar-refractivity contribution is 5.75. The smallest absolute Gasteiger partial charge is 0.323 e. The minimum Gasteiger partial charge on any atom is -0.462 e. The third-order valence-corrected chi connectivity index (χ3v) is 5.25. The molecule has 2 aromatic heterocycles. The van der Waals surface area contributed by atoms with Gasteiger partial charge in [0.05, 0.1) is 25.1 Å². The number of nitrogens with one attached hydrogen (secondary N) is 1. The van der Waals surface area contributed by atoms with E-state index in [1.165, 1.54) is 10.8 Å². The molecule has 0 radical (unpaired) electrons. The number of nitrogens with two attached hydrogens (primary N) is 1. The molecule has 4 atom stereocenters. The number of esters is 3. The van der Waals surface area contributed by atoms with Gasteiger partial charge in [0.1, 0.15) is 17.9 Å². The Labute approximate surface area is 220 Å². The monoisotopic (exact) mass is 534 g/mol. The van der Waals surface area contributed by atoms with Gasteiger partial charge in [-0.05, 0) is 32.9 Å². The number of nitriles is 1. The van der Waals surface area contributed by atoms with E-state index in [9.17, 15) is 19.6 Å². The van der Waals surface area contributed by atoms with Crippen LogP contribution in [0.1, 0.15) is 59.3 Å². The molecule has 2 aromatic rings. The van der Waals surface area contributed by atoms with Crippen LogP contribution in [0.2, 0.25) is 0 Å². The highest BCUT2D eigenvalue weighted by Crippen LogP contribution is 2.30. The van der Waals surface area contributed by atoms with E-state index in [2.05, 4.69) is 15.4 Å². The van der Waals surface area contributed by atoms with Gasteiger partial charge < -0.3 is 29.4 Å². The van der Waals surface area contributed by atoms with Gasteiger partial charge in [-0.2, -0.15) is 10.4 Å². The number of fused-ring (bicyclic) bond motifs is 1. The number of hydrogen-bond acceptors (Lipinski definition) is 13. The summed E-state index contributed by atoms with van der Waals surface area (Å²) in [5, 5.41) is 16.4. The third-order valence-electron chi connectivity index (χ3n) is 5.25. The summed E-state index contributed by atoms with van der Waals surface area (Å²) in [7, 11) is 0. The lowest BCUT2D eigenvalue weighted by molar-refractivity contribution is -0.182. The average molecular weight is 535 g/mol. The molecule has 0 fully saturated rings. The van der Waals surface area contributed by atoms with E-state index < -0.39 is 42.3 Å². The molecule has 14 nitrogen and oxygen atoms in total. The van der Waals surface area contributed by atoms with Gasteiger partial charge in [-0.1, -0.05) is 13.8 Å². The Bertz CT molecular complexity index is 1130. The Kier molecular flexibility index (Phi) is 11.7. The van der Waals surface area contributed by atoms with Crippen LogP contribution in [0.4, 0.5) is 5.82 Å². The van der Waals surface area contributed by atoms with Gasteiger partial charge in [0.15, 0.2) is 24.1 Å². The lowest BCUT2D eigenvalue weighted by atomic mass is 10.0. The van der Waals surface area contributed by atoms with Crippen LogP contribution < -0.4 is 11.1 Å². The highest BCUT2D eigenvalue weighted by atomic mass is 16.6. The molecular formula is C24H34N6O8. The fourth-order valence-corrected chi connectivity index (χ4v) is 3.32. The normalized spacial score (nSPS) is 14.2. The van der Waals surface area contributed by atoms with Crippen molar-refractivity contribution in [1.29, 1.82) is 5.26 Å². The molecule has 0 aliphatic carbocycles. The van der Waals surface area contributed by atoms with Crippen LogP contribution in [0, 0.1) is 11.5 Å². The number of anilines is 1. The fraction of sp³-hybridized carbons (Fsp3) is 0.583. The maximum absolute atomic E-state index is 12.4. The van der Waals surface area contributed by atoms with E-state index in [1.807, 2.05) is 0 Å². The van der Waals surface area contributed by atoms with Crippen molar-refractivity contribution < 1.29 is 38.1 Å². The van der Waals surface area contributed by atoms with Crippen LogP contribution in [0.15, 0.2) is 18.5 Å². The largest absolute Gasteiger partial charge is 0.462 e. The molecule has 0 amide bonds. The quantitative estimate of drug-likeness (QED) is 0.110. The summed E-state index contributed by atoms with van der Waals surface area (Å²) in [5.74, 6) is -1.51. The Morgan fingerprint density at radius 3 is 2.42 bits per heavy atom. The maximum Gasteiger partial charge on any atom is 0.323 e. The SMILES string of the molecule is CCC(=O)O[C@H]([C@@H](COCN[C@@H](C)C(=O)OC(C)C)OC#N)[C@@H](OC(=O)CC)c1ccc2c(N)ncnn12. The minimum absolute atomic E-state index is 0.00608. The molecule has 14 heteroatoms. The van der Waals surface area contributed by atoms with Crippen molar-refractivity contribution in [3.8, 4) is 6.26 Å². The van der Waals surface area contributed by atoms with Crippen molar-refractivity contribution in [3.63, 3.8) is 0 Å². The van der Waals surface area contributed by atoms with Crippen LogP contribution in [0.3, 0.4) is 0 Å². The van der Waals surface area contributed by atoms with Crippen molar-refractivity contribution >= 4 is 29.2 Å². The summed E-state index contributed by atoms with van der Waals surface area (Å²) in [6.07, 6.45) is -1.19. The standard InChI is InChI=1S/C24H34N6O8/c1-6-19(31)37-21(16-8-9-17-23(26)27-12-29-30(16)17)22(38-20(32)7-2)18(35-11-25)10-34-13-28-15(5)24(33)36-14(3)4/h8-9,12,14-15,18,21-22,28H,6-7,10,13H2,1-5H3,(H2,26,27,29)/t15-,18+,21-,22+/m0/s1. The number of rotatable bonds is 15. The molecule has 0 saturated carbocycles. The van der Waals surface area contributed by atoms with E-state index in [0.717, 1.165) is 0 Å². The van der Waals surface area contributed by atoms with Gasteiger partial charge in [0.2, 0.25) is 0 Å². The first-order valence-corrected chi connectivity index (χ1v) is 12.2. The third kappa shape index (κ3) is 8.29. The van der Waals surface area contributed by atoms with Crippen LogP contribution in [-0.4, -0.2) is 70.2 Å². The lowest BCUT2D eigenvalue weighted by Crippen LogP contribution is -2.44. The Balaban J connectivity index is 2.35. The summed E-state index contributed by atoms with van der Waals surface area (Å²) in [5.41, 5.74) is 6.68. The zero-order chi connectivity index (χ0) is 28.2. The highest BCUT2D eigenvalue weighted by Gasteiger charge is 2.40. The molecule has 208 valence electrons. The molecule has 0 unspecified atom stereocenters. The molecule has 2 rings (SSSR count). The van der Waals surface area contributed by atoms with Crippen LogP contribution in [0.25, 0.3) is 5.52 Å². The predicted octanol–water partition coefficient (Wildman–Crippen LogP) is 1.40. The molecule has 0 bridgehead atoms. The first kappa shape index (κ1) is 30.3. The maximum atomic E-state index is 12.4. The Hall–Kier alpha value is -3.96. The number of carbonyl (C=O) groups excluding carboxylic acids is 3. The van der Waals surface area contributed by atoms with Crippen molar-refractivity contribution in [1.82, 2.24) is 19.9 Å². The van der Waals surface area contributed by atoms with Gasteiger partial charge >= 0.3 is 17.9 Å². The number of hydrogen-bond donors (Lipinski definition) is 2. The number of aromatic nitrogens is 3. The first-order valence-electron chi connectivity index (χ1n) is 12.2. The van der Waals surface area contributed by atoms with Crippen molar-refractivity contribution in [2.75, 3.05) is 19.1 Å². The van der Waals surface area contributed by atoms with Crippen molar-refractivity contribution in [3.05, 3.63) is 24.2 Å². The number of nitrogens with zero attached hydrogens (tertiary/aromatic N) is 4. The molecule has 0 saturated heterocycles. The molecule has 0 spiro atoms. The van der Waals surface area contributed by atoms with Crippen LogP contribution >= 0.6 is 0 Å². The van der Waals surface area contributed by atoms with Gasteiger partial charge in [0, 0.05) is 12.8 Å². The summed E-state index contributed by atoms with van der Waals surface area (Å²) < 4.78 is 28.7. The number of nitrogen functional groups attached to an aromatic ring is 1. The van der Waals surface area contributed by atoms with Crippen LogP contribution in [0.5, 0.6) is 0 Å². The lowest BCUT2D eigenvalue weighted by Gasteiger charge is -2.31. The molecule has 38 heavy (non-hydrogen) atoms. The van der Waals surface area contributed by atoms with E-state index in [4.69, 9.17) is 29.4 Å². The minimum atomic E-state index is -1.31. The van der Waals surface area contributed by atoms with E-state index in [0.29, 0.717) is 11.2 Å². The molecule has 0 aliphatic heterocycles. The predicted molar refractivity (Wildman–Crippen MR) is 132 cm³/mol. The van der Waals surface area contributed by atoms with Gasteiger partial charge in [-0.15, -0.1) is 0 Å². The number of ether oxygens (including phenoxy) is 5. The fourth-order valence-electron chi connectivity index (χ4n) is 3.32. The molecule has 0 aromatic carbocycles. The molecule has 3 N–H and O–H groups in total. The second kappa shape index (κ2) is 14.7. The van der Waals surface area contributed by atoms with Gasteiger partial charge in [-0.25, -0.2) is 9.50 Å². The van der Waals surface area contributed by atoms with E-state index in [1.54, 1.807) is 53.0 Å². The second-order valence-corrected chi connectivity index (χ2v) is 8.45. The zero-order valence-electron chi connectivity index (χ0n) is 22.1. The molecule has 2 heterocycles. The van der Waals surface area contributed by atoms with Crippen LogP contribution in [-0.2, 0) is 38.1 Å².